The van der Waals surface area contributed by atoms with Gasteiger partial charge >= 0.3 is 0 Å². The van der Waals surface area contributed by atoms with E-state index >= 15 is 0 Å². The number of nitrogens with one attached hydrogen (secondary N) is 1. The van der Waals surface area contributed by atoms with E-state index in [0.29, 0.717) is 18.7 Å². The SMILES string of the molecule is COc1ccccc1CCNc1ccc(C#N)c(Br)c1F. The minimum atomic E-state index is -0.450. The number of rotatable bonds is 5. The van der Waals surface area contributed by atoms with Gasteiger partial charge in [-0.3, -0.25) is 0 Å². The number of ether oxygens (including phenoxy) is 1. The van der Waals surface area contributed by atoms with Gasteiger partial charge in [-0.25, -0.2) is 4.39 Å². The molecule has 0 atom stereocenters. The highest BCUT2D eigenvalue weighted by Gasteiger charge is 2.10. The largest absolute Gasteiger partial charge is 0.496 e. The zero-order valence-electron chi connectivity index (χ0n) is 11.5. The molecule has 0 saturated heterocycles. The zero-order valence-corrected chi connectivity index (χ0v) is 13.1. The van der Waals surface area contributed by atoms with Crippen molar-refractivity contribution in [2.45, 2.75) is 6.42 Å². The van der Waals surface area contributed by atoms with Crippen molar-refractivity contribution in [1.82, 2.24) is 0 Å². The summed E-state index contributed by atoms with van der Waals surface area (Å²) in [6.45, 7) is 0.565. The van der Waals surface area contributed by atoms with Gasteiger partial charge < -0.3 is 10.1 Å². The van der Waals surface area contributed by atoms with Gasteiger partial charge in [0.05, 0.1) is 22.8 Å². The molecule has 0 aliphatic carbocycles. The van der Waals surface area contributed by atoms with E-state index in [4.69, 9.17) is 10.00 Å². The molecule has 0 heterocycles. The van der Waals surface area contributed by atoms with Crippen molar-refractivity contribution >= 4 is 21.6 Å². The lowest BCUT2D eigenvalue weighted by Crippen LogP contribution is -2.07. The van der Waals surface area contributed by atoms with Crippen molar-refractivity contribution in [3.8, 4) is 11.8 Å². The molecule has 2 rings (SSSR count). The Morgan fingerprint density at radius 2 is 2.05 bits per heavy atom. The van der Waals surface area contributed by atoms with E-state index in [1.54, 1.807) is 19.2 Å². The van der Waals surface area contributed by atoms with Crippen LogP contribution in [0.5, 0.6) is 5.75 Å². The molecule has 0 radical (unpaired) electrons. The molecule has 108 valence electrons. The minimum Gasteiger partial charge on any atom is -0.496 e. The summed E-state index contributed by atoms with van der Waals surface area (Å²) >= 11 is 3.09. The van der Waals surface area contributed by atoms with E-state index in [0.717, 1.165) is 11.3 Å². The van der Waals surface area contributed by atoms with Crippen molar-refractivity contribution < 1.29 is 9.13 Å². The van der Waals surface area contributed by atoms with Crippen molar-refractivity contribution in [2.24, 2.45) is 0 Å². The Morgan fingerprint density at radius 1 is 1.29 bits per heavy atom. The van der Waals surface area contributed by atoms with Gasteiger partial charge in [0.15, 0.2) is 5.82 Å². The number of para-hydroxylation sites is 1. The Morgan fingerprint density at radius 3 is 2.76 bits per heavy atom. The van der Waals surface area contributed by atoms with Crippen LogP contribution in [0.1, 0.15) is 11.1 Å². The van der Waals surface area contributed by atoms with Crippen LogP contribution in [-0.4, -0.2) is 13.7 Å². The molecule has 2 aromatic carbocycles. The van der Waals surface area contributed by atoms with Crippen LogP contribution < -0.4 is 10.1 Å². The first-order valence-electron chi connectivity index (χ1n) is 6.41. The number of nitriles is 1. The standard InChI is InChI=1S/C16H14BrFN2O/c1-21-14-5-3-2-4-11(14)8-9-20-13-7-6-12(10-19)15(17)16(13)18/h2-7,20H,8-9H2,1H3. The number of hydrogen-bond donors (Lipinski definition) is 1. The second-order valence-corrected chi connectivity index (χ2v) is 5.18. The van der Waals surface area contributed by atoms with Crippen LogP contribution in [0.25, 0.3) is 0 Å². The molecule has 0 fully saturated rings. The lowest BCUT2D eigenvalue weighted by Gasteiger charge is -2.11. The Labute approximate surface area is 131 Å². The molecule has 0 aliphatic heterocycles. The van der Waals surface area contributed by atoms with E-state index in [9.17, 15) is 4.39 Å². The number of hydrogen-bond acceptors (Lipinski definition) is 3. The summed E-state index contributed by atoms with van der Waals surface area (Å²) in [5, 5.41) is 11.9. The lowest BCUT2D eigenvalue weighted by molar-refractivity contribution is 0.410. The van der Waals surface area contributed by atoms with Crippen molar-refractivity contribution in [3.05, 3.63) is 57.8 Å². The molecule has 21 heavy (non-hydrogen) atoms. The van der Waals surface area contributed by atoms with Crippen molar-refractivity contribution in [2.75, 3.05) is 19.0 Å². The predicted molar refractivity (Wildman–Crippen MR) is 84.0 cm³/mol. The number of methoxy groups -OCH3 is 1. The average Bonchev–Trinajstić information content (AvgIpc) is 2.52. The predicted octanol–water partition coefficient (Wildman–Crippen LogP) is 4.12. The van der Waals surface area contributed by atoms with Crippen LogP contribution in [0.4, 0.5) is 10.1 Å². The van der Waals surface area contributed by atoms with Crippen LogP contribution in [0.2, 0.25) is 0 Å². The smallest absolute Gasteiger partial charge is 0.161 e. The van der Waals surface area contributed by atoms with Gasteiger partial charge in [-0.05, 0) is 46.1 Å². The van der Waals surface area contributed by atoms with Crippen LogP contribution >= 0.6 is 15.9 Å². The Balaban J connectivity index is 2.04. The Hall–Kier alpha value is -2.06. The summed E-state index contributed by atoms with van der Waals surface area (Å²) in [5.74, 6) is 0.370. The molecule has 0 saturated carbocycles. The second kappa shape index (κ2) is 7.09. The fourth-order valence-electron chi connectivity index (χ4n) is 2.01. The third-order valence-corrected chi connectivity index (χ3v) is 3.88. The maximum Gasteiger partial charge on any atom is 0.161 e. The highest BCUT2D eigenvalue weighted by Crippen LogP contribution is 2.26. The molecule has 1 N–H and O–H groups in total. The minimum absolute atomic E-state index is 0.187. The topological polar surface area (TPSA) is 45.0 Å². The average molecular weight is 349 g/mol. The van der Waals surface area contributed by atoms with Crippen molar-refractivity contribution in [1.29, 1.82) is 5.26 Å². The van der Waals surface area contributed by atoms with E-state index in [1.165, 1.54) is 0 Å². The number of anilines is 1. The van der Waals surface area contributed by atoms with Crippen LogP contribution in [0.15, 0.2) is 40.9 Å². The molecule has 0 spiro atoms. The molecule has 0 unspecified atom stereocenters. The summed E-state index contributed by atoms with van der Waals surface area (Å²) in [6, 6.07) is 12.8. The first-order valence-corrected chi connectivity index (χ1v) is 7.20. The molecular formula is C16H14BrFN2O. The Kier molecular flexibility index (Phi) is 5.18. The van der Waals surface area contributed by atoms with Crippen LogP contribution in [0, 0.1) is 17.1 Å². The molecule has 0 aliphatic rings. The van der Waals surface area contributed by atoms with Gasteiger partial charge in [-0.1, -0.05) is 18.2 Å². The summed E-state index contributed by atoms with van der Waals surface area (Å²) in [6.07, 6.45) is 0.709. The summed E-state index contributed by atoms with van der Waals surface area (Å²) in [7, 11) is 1.63. The first kappa shape index (κ1) is 15.3. The fraction of sp³-hybridized carbons (Fsp3) is 0.188. The van der Waals surface area contributed by atoms with Crippen LogP contribution in [0.3, 0.4) is 0 Å². The number of nitrogens with zero attached hydrogens (tertiary/aromatic N) is 1. The third-order valence-electron chi connectivity index (χ3n) is 3.11. The third kappa shape index (κ3) is 3.53. The van der Waals surface area contributed by atoms with Gasteiger partial charge in [-0.15, -0.1) is 0 Å². The van der Waals surface area contributed by atoms with Gasteiger partial charge in [-0.2, -0.15) is 5.26 Å². The number of halogens is 2. The number of benzene rings is 2. The highest BCUT2D eigenvalue weighted by atomic mass is 79.9. The fourth-order valence-corrected chi connectivity index (χ4v) is 2.45. The van der Waals surface area contributed by atoms with E-state index < -0.39 is 5.82 Å². The van der Waals surface area contributed by atoms with E-state index in [-0.39, 0.29) is 10.0 Å². The quantitative estimate of drug-likeness (QED) is 0.883. The zero-order chi connectivity index (χ0) is 15.2. The molecule has 0 bridgehead atoms. The monoisotopic (exact) mass is 348 g/mol. The van der Waals surface area contributed by atoms with Gasteiger partial charge in [0.1, 0.15) is 11.8 Å². The summed E-state index contributed by atoms with van der Waals surface area (Å²) in [4.78, 5) is 0. The van der Waals surface area contributed by atoms with Gasteiger partial charge in [0.25, 0.3) is 0 Å². The first-order chi connectivity index (χ1) is 10.2. The van der Waals surface area contributed by atoms with Crippen molar-refractivity contribution in [3.63, 3.8) is 0 Å². The lowest BCUT2D eigenvalue weighted by atomic mass is 10.1. The molecule has 0 aromatic heterocycles. The second-order valence-electron chi connectivity index (χ2n) is 4.39. The highest BCUT2D eigenvalue weighted by molar-refractivity contribution is 9.10. The van der Waals surface area contributed by atoms with E-state index in [1.807, 2.05) is 30.3 Å². The summed E-state index contributed by atoms with van der Waals surface area (Å²) in [5.41, 5.74) is 1.71. The molecule has 3 nitrogen and oxygen atoms in total. The molecular weight excluding hydrogens is 335 g/mol. The van der Waals surface area contributed by atoms with Gasteiger partial charge in [0, 0.05) is 6.54 Å². The van der Waals surface area contributed by atoms with Crippen LogP contribution in [-0.2, 0) is 6.42 Å². The van der Waals surface area contributed by atoms with E-state index in [2.05, 4.69) is 21.2 Å². The molecule has 0 amide bonds. The summed E-state index contributed by atoms with van der Waals surface area (Å²) < 4.78 is 19.5. The molecule has 2 aromatic rings. The molecule has 5 heteroatoms. The van der Waals surface area contributed by atoms with Gasteiger partial charge in [0.2, 0.25) is 0 Å². The Bertz CT molecular complexity index is 682. The maximum atomic E-state index is 14.0. The normalized spacial score (nSPS) is 10.0. The maximum absolute atomic E-state index is 14.0.